The third-order valence-electron chi connectivity index (χ3n) is 3.59. The van der Waals surface area contributed by atoms with Crippen molar-refractivity contribution in [3.8, 4) is 0 Å². The van der Waals surface area contributed by atoms with Crippen LogP contribution in [0.15, 0.2) is 34.5 Å². The Bertz CT molecular complexity index is 839. The smallest absolute Gasteiger partial charge is 0.250 e. The molecule has 0 radical (unpaired) electrons. The van der Waals surface area contributed by atoms with Crippen molar-refractivity contribution in [1.82, 2.24) is 4.72 Å². The minimum Gasteiger partial charge on any atom is -0.324 e. The van der Waals surface area contributed by atoms with Gasteiger partial charge in [-0.1, -0.05) is 32.0 Å². The lowest BCUT2D eigenvalue weighted by molar-refractivity contribution is -0.115. The second kappa shape index (κ2) is 7.46. The zero-order valence-corrected chi connectivity index (χ0v) is 15.8. The van der Waals surface area contributed by atoms with Gasteiger partial charge in [-0.05, 0) is 43.0 Å². The molecule has 7 heteroatoms. The van der Waals surface area contributed by atoms with E-state index >= 15 is 0 Å². The quantitative estimate of drug-likeness (QED) is 0.823. The number of thiophene rings is 1. The summed E-state index contributed by atoms with van der Waals surface area (Å²) < 4.78 is 26.9. The van der Waals surface area contributed by atoms with Crippen LogP contribution in [-0.4, -0.2) is 20.9 Å². The Morgan fingerprint density at radius 3 is 2.46 bits per heavy atom. The summed E-state index contributed by atoms with van der Waals surface area (Å²) in [5.41, 5.74) is 2.73. The van der Waals surface area contributed by atoms with Crippen molar-refractivity contribution in [2.75, 3.05) is 11.9 Å². The molecule has 0 aliphatic rings. The van der Waals surface area contributed by atoms with E-state index in [1.54, 1.807) is 12.1 Å². The molecule has 0 aliphatic carbocycles. The van der Waals surface area contributed by atoms with Gasteiger partial charge in [-0.2, -0.15) is 0 Å². The minimum absolute atomic E-state index is 0.214. The van der Waals surface area contributed by atoms with Crippen LogP contribution in [0.4, 0.5) is 5.69 Å². The fraction of sp³-hybridized carbons (Fsp3) is 0.353. The maximum atomic E-state index is 12.2. The maximum absolute atomic E-state index is 12.2. The van der Waals surface area contributed by atoms with E-state index in [1.165, 1.54) is 11.3 Å². The number of aryl methyl sites for hydroxylation is 2. The fourth-order valence-corrected chi connectivity index (χ4v) is 4.62. The summed E-state index contributed by atoms with van der Waals surface area (Å²) in [7, 11) is -3.66. The van der Waals surface area contributed by atoms with E-state index in [0.29, 0.717) is 0 Å². The highest BCUT2D eigenvalue weighted by Gasteiger charge is 2.18. The van der Waals surface area contributed by atoms with Gasteiger partial charge in [0.2, 0.25) is 5.91 Å². The number of benzene rings is 1. The summed E-state index contributed by atoms with van der Waals surface area (Å²) in [6.07, 6.45) is 0. The van der Waals surface area contributed by atoms with Gasteiger partial charge in [-0.15, -0.1) is 11.3 Å². The Balaban J connectivity index is 2.07. The van der Waals surface area contributed by atoms with E-state index in [1.807, 2.05) is 45.9 Å². The predicted octanol–water partition coefficient (Wildman–Crippen LogP) is 3.41. The van der Waals surface area contributed by atoms with Crippen LogP contribution in [0.2, 0.25) is 0 Å². The number of hydrogen-bond donors (Lipinski definition) is 2. The van der Waals surface area contributed by atoms with Gasteiger partial charge in [0.1, 0.15) is 4.21 Å². The van der Waals surface area contributed by atoms with Crippen LogP contribution in [-0.2, 0) is 14.8 Å². The van der Waals surface area contributed by atoms with E-state index in [9.17, 15) is 13.2 Å². The molecule has 1 amide bonds. The number of hydrogen-bond acceptors (Lipinski definition) is 4. The summed E-state index contributed by atoms with van der Waals surface area (Å²) >= 11 is 1.18. The molecule has 0 bridgehead atoms. The molecule has 130 valence electrons. The molecular formula is C17H22N2O3S2. The lowest BCUT2D eigenvalue weighted by atomic mass is 9.98. The third-order valence-corrected chi connectivity index (χ3v) is 6.49. The largest absolute Gasteiger partial charge is 0.324 e. The number of anilines is 1. The third kappa shape index (κ3) is 4.43. The lowest BCUT2D eigenvalue weighted by Gasteiger charge is -2.16. The van der Waals surface area contributed by atoms with Crippen LogP contribution in [0.3, 0.4) is 0 Å². The predicted molar refractivity (Wildman–Crippen MR) is 98.1 cm³/mol. The van der Waals surface area contributed by atoms with Gasteiger partial charge in [0.15, 0.2) is 0 Å². The van der Waals surface area contributed by atoms with Crippen molar-refractivity contribution in [1.29, 1.82) is 0 Å². The maximum Gasteiger partial charge on any atom is 0.250 e. The van der Waals surface area contributed by atoms with Crippen LogP contribution >= 0.6 is 11.3 Å². The summed E-state index contributed by atoms with van der Waals surface area (Å²) in [6, 6.07) is 9.11. The second-order valence-electron chi connectivity index (χ2n) is 5.93. The molecule has 0 unspecified atom stereocenters. The second-order valence-corrected chi connectivity index (χ2v) is 9.21. The van der Waals surface area contributed by atoms with Crippen LogP contribution in [0.25, 0.3) is 0 Å². The van der Waals surface area contributed by atoms with Crippen molar-refractivity contribution in [3.05, 3.63) is 46.3 Å². The number of nitrogens with one attached hydrogen (secondary N) is 2. The van der Waals surface area contributed by atoms with Gasteiger partial charge in [-0.25, -0.2) is 13.1 Å². The molecule has 0 aliphatic heterocycles. The van der Waals surface area contributed by atoms with Crippen molar-refractivity contribution in [2.45, 2.75) is 37.8 Å². The Hall–Kier alpha value is -1.70. The van der Waals surface area contributed by atoms with Gasteiger partial charge in [-0.3, -0.25) is 4.79 Å². The van der Waals surface area contributed by atoms with E-state index in [-0.39, 0.29) is 22.6 Å². The number of carbonyl (C=O) groups excluding carboxylic acids is 1. The molecule has 24 heavy (non-hydrogen) atoms. The van der Waals surface area contributed by atoms with Crippen LogP contribution < -0.4 is 10.0 Å². The molecule has 5 nitrogen and oxygen atoms in total. The van der Waals surface area contributed by atoms with E-state index in [4.69, 9.17) is 0 Å². The standard InChI is InChI=1S/C17H22N2O3S2/c1-11(2)14-7-5-6-12(3)17(14)19-15(20)10-18-24(21,22)16-9-8-13(4)23-16/h5-9,11,18H,10H2,1-4H3,(H,19,20). The van der Waals surface area contributed by atoms with Crippen molar-refractivity contribution < 1.29 is 13.2 Å². The normalized spacial score (nSPS) is 11.7. The molecule has 1 heterocycles. The zero-order valence-electron chi connectivity index (χ0n) is 14.2. The van der Waals surface area contributed by atoms with Gasteiger partial charge < -0.3 is 5.32 Å². The first-order chi connectivity index (χ1) is 11.2. The van der Waals surface area contributed by atoms with Gasteiger partial charge >= 0.3 is 0 Å². The molecule has 0 fully saturated rings. The number of para-hydroxylation sites is 1. The van der Waals surface area contributed by atoms with E-state index in [2.05, 4.69) is 10.0 Å². The van der Waals surface area contributed by atoms with Crippen molar-refractivity contribution in [2.24, 2.45) is 0 Å². The number of amides is 1. The highest BCUT2D eigenvalue weighted by Crippen LogP contribution is 2.27. The molecule has 0 saturated heterocycles. The Morgan fingerprint density at radius 1 is 1.17 bits per heavy atom. The van der Waals surface area contributed by atoms with Gasteiger partial charge in [0.05, 0.1) is 6.54 Å². The zero-order chi connectivity index (χ0) is 17.9. The van der Waals surface area contributed by atoms with Gasteiger partial charge in [0, 0.05) is 10.6 Å². The number of carbonyl (C=O) groups is 1. The fourth-order valence-electron chi connectivity index (χ4n) is 2.31. The van der Waals surface area contributed by atoms with Crippen molar-refractivity contribution in [3.63, 3.8) is 0 Å². The van der Waals surface area contributed by atoms with Crippen LogP contribution in [0, 0.1) is 13.8 Å². The number of sulfonamides is 1. The summed E-state index contributed by atoms with van der Waals surface area (Å²) in [4.78, 5) is 13.1. The molecule has 1 aromatic carbocycles. The monoisotopic (exact) mass is 366 g/mol. The average molecular weight is 367 g/mol. The molecule has 0 atom stereocenters. The first kappa shape index (κ1) is 18.6. The topological polar surface area (TPSA) is 75.3 Å². The number of rotatable bonds is 6. The van der Waals surface area contributed by atoms with Crippen molar-refractivity contribution >= 4 is 33.0 Å². The summed E-state index contributed by atoms with van der Waals surface area (Å²) in [5, 5.41) is 2.83. The molecule has 2 rings (SSSR count). The summed E-state index contributed by atoms with van der Waals surface area (Å²) in [6.45, 7) is 7.55. The van der Waals surface area contributed by atoms with E-state index < -0.39 is 10.0 Å². The Labute approximate surface area is 147 Å². The lowest BCUT2D eigenvalue weighted by Crippen LogP contribution is -2.33. The van der Waals surface area contributed by atoms with E-state index in [0.717, 1.165) is 21.7 Å². The highest BCUT2D eigenvalue weighted by molar-refractivity contribution is 7.91. The minimum atomic E-state index is -3.66. The molecule has 1 aromatic heterocycles. The molecule has 2 N–H and O–H groups in total. The molecule has 2 aromatic rings. The van der Waals surface area contributed by atoms with Gasteiger partial charge in [0.25, 0.3) is 10.0 Å². The average Bonchev–Trinajstić information content (AvgIpc) is 2.94. The highest BCUT2D eigenvalue weighted by atomic mass is 32.2. The Morgan fingerprint density at radius 2 is 1.88 bits per heavy atom. The SMILES string of the molecule is Cc1ccc(S(=O)(=O)NCC(=O)Nc2c(C)cccc2C(C)C)s1. The Kier molecular flexibility index (Phi) is 5.79. The first-order valence-electron chi connectivity index (χ1n) is 7.66. The first-order valence-corrected chi connectivity index (χ1v) is 9.96. The molecular weight excluding hydrogens is 344 g/mol. The van der Waals surface area contributed by atoms with Crippen LogP contribution in [0.5, 0.6) is 0 Å². The summed E-state index contributed by atoms with van der Waals surface area (Å²) in [5.74, 6) is -0.131. The molecule has 0 saturated carbocycles. The molecule has 0 spiro atoms. The van der Waals surface area contributed by atoms with Crippen LogP contribution in [0.1, 0.15) is 35.8 Å².